The van der Waals surface area contributed by atoms with Crippen LogP contribution in [0.5, 0.6) is 11.5 Å². The van der Waals surface area contributed by atoms with Crippen LogP contribution in [0.15, 0.2) is 12.1 Å². The Morgan fingerprint density at radius 2 is 1.77 bits per heavy atom. The third-order valence-corrected chi connectivity index (χ3v) is 2.63. The summed E-state index contributed by atoms with van der Waals surface area (Å²) >= 11 is 0. The predicted molar refractivity (Wildman–Crippen MR) is 83.8 cm³/mol. The molecule has 0 aromatic heterocycles. The van der Waals surface area contributed by atoms with Gasteiger partial charge < -0.3 is 14.2 Å². The number of anilines is 1. The number of ketones is 1. The average Bonchev–Trinajstić information content (AvgIpc) is 2.34. The summed E-state index contributed by atoms with van der Waals surface area (Å²) < 4.78 is 15.8. The number of benzene rings is 1. The fraction of sp³-hybridized carbons (Fsp3) is 0.500. The van der Waals surface area contributed by atoms with Gasteiger partial charge in [0, 0.05) is 6.42 Å². The molecule has 0 saturated heterocycles. The molecule has 1 aromatic carbocycles. The van der Waals surface area contributed by atoms with Gasteiger partial charge >= 0.3 is 6.09 Å². The molecule has 6 heteroatoms. The Bertz CT molecular complexity index is 560. The van der Waals surface area contributed by atoms with Gasteiger partial charge in [-0.25, -0.2) is 4.79 Å². The third kappa shape index (κ3) is 5.27. The third-order valence-electron chi connectivity index (χ3n) is 2.63. The first-order chi connectivity index (χ1) is 10.2. The second-order valence-electron chi connectivity index (χ2n) is 5.88. The highest BCUT2D eigenvalue weighted by Gasteiger charge is 2.20. The van der Waals surface area contributed by atoms with Crippen molar-refractivity contribution in [3.63, 3.8) is 0 Å². The number of carbonyl (C=O) groups excluding carboxylic acids is 2. The second-order valence-corrected chi connectivity index (χ2v) is 5.88. The monoisotopic (exact) mass is 309 g/mol. The summed E-state index contributed by atoms with van der Waals surface area (Å²) in [6, 6.07) is 3.38. The van der Waals surface area contributed by atoms with E-state index < -0.39 is 11.7 Å². The van der Waals surface area contributed by atoms with Crippen LogP contribution in [-0.4, -0.2) is 31.7 Å². The Morgan fingerprint density at radius 3 is 2.23 bits per heavy atom. The minimum absolute atomic E-state index is 0.00966. The van der Waals surface area contributed by atoms with Crippen molar-refractivity contribution in [2.24, 2.45) is 0 Å². The molecule has 122 valence electrons. The molecule has 0 unspecified atom stereocenters. The molecule has 0 aliphatic rings. The van der Waals surface area contributed by atoms with Gasteiger partial charge in [0.05, 0.1) is 19.9 Å². The maximum Gasteiger partial charge on any atom is 0.412 e. The topological polar surface area (TPSA) is 73.9 Å². The summed E-state index contributed by atoms with van der Waals surface area (Å²) in [5.74, 6) is 0.823. The highest BCUT2D eigenvalue weighted by molar-refractivity contribution is 5.89. The van der Waals surface area contributed by atoms with Crippen molar-refractivity contribution in [3.05, 3.63) is 17.7 Å². The van der Waals surface area contributed by atoms with Crippen molar-refractivity contribution in [1.82, 2.24) is 0 Å². The van der Waals surface area contributed by atoms with Gasteiger partial charge in [-0.2, -0.15) is 0 Å². The quantitative estimate of drug-likeness (QED) is 0.904. The fourth-order valence-corrected chi connectivity index (χ4v) is 1.92. The molecule has 0 heterocycles. The Kier molecular flexibility index (Phi) is 5.79. The first-order valence-corrected chi connectivity index (χ1v) is 6.90. The van der Waals surface area contributed by atoms with E-state index in [2.05, 4.69) is 5.32 Å². The lowest BCUT2D eigenvalue weighted by Gasteiger charge is -2.21. The zero-order valence-electron chi connectivity index (χ0n) is 13.9. The first-order valence-electron chi connectivity index (χ1n) is 6.90. The molecule has 0 aliphatic heterocycles. The zero-order chi connectivity index (χ0) is 16.9. The summed E-state index contributed by atoms with van der Waals surface area (Å²) in [5, 5.41) is 2.63. The van der Waals surface area contributed by atoms with E-state index >= 15 is 0 Å². The normalized spacial score (nSPS) is 10.8. The molecule has 0 bridgehead atoms. The Labute approximate surface area is 130 Å². The average molecular weight is 309 g/mol. The van der Waals surface area contributed by atoms with Gasteiger partial charge in [0.2, 0.25) is 0 Å². The molecular weight excluding hydrogens is 286 g/mol. The van der Waals surface area contributed by atoms with Gasteiger partial charge in [0.1, 0.15) is 11.4 Å². The number of carbonyl (C=O) groups is 2. The summed E-state index contributed by atoms with van der Waals surface area (Å²) in [4.78, 5) is 23.2. The molecule has 1 N–H and O–H groups in total. The number of hydrogen-bond donors (Lipinski definition) is 1. The molecule has 22 heavy (non-hydrogen) atoms. The summed E-state index contributed by atoms with van der Waals surface area (Å²) in [6.07, 6.45) is -0.364. The van der Waals surface area contributed by atoms with Crippen molar-refractivity contribution in [2.75, 3.05) is 19.5 Å². The number of ether oxygens (including phenoxy) is 3. The molecule has 0 atom stereocenters. The lowest BCUT2D eigenvalue weighted by molar-refractivity contribution is -0.116. The van der Waals surface area contributed by atoms with Crippen LogP contribution in [0.3, 0.4) is 0 Å². The highest BCUT2D eigenvalue weighted by Crippen LogP contribution is 2.37. The largest absolute Gasteiger partial charge is 0.493 e. The lowest BCUT2D eigenvalue weighted by atomic mass is 10.1. The van der Waals surface area contributed by atoms with Crippen molar-refractivity contribution in [3.8, 4) is 11.5 Å². The highest BCUT2D eigenvalue weighted by atomic mass is 16.6. The Balaban J connectivity index is 3.14. The minimum atomic E-state index is -0.613. The maximum absolute atomic E-state index is 11.9. The van der Waals surface area contributed by atoms with Gasteiger partial charge in [0.15, 0.2) is 11.5 Å². The zero-order valence-corrected chi connectivity index (χ0v) is 13.9. The maximum atomic E-state index is 11.9. The van der Waals surface area contributed by atoms with Crippen LogP contribution in [0.1, 0.15) is 33.3 Å². The molecule has 1 aromatic rings. The van der Waals surface area contributed by atoms with Crippen molar-refractivity contribution in [1.29, 1.82) is 0 Å². The number of nitrogens with one attached hydrogen (secondary N) is 1. The SMILES string of the molecule is COc1cc(CC(C)=O)cc(NC(=O)OC(C)(C)C)c1OC. The van der Waals surface area contributed by atoms with Crippen LogP contribution in [0.4, 0.5) is 10.5 Å². The lowest BCUT2D eigenvalue weighted by Crippen LogP contribution is -2.27. The van der Waals surface area contributed by atoms with E-state index in [1.54, 1.807) is 32.9 Å². The molecular formula is C16H23NO5. The molecule has 0 fully saturated rings. The van der Waals surface area contributed by atoms with E-state index in [1.165, 1.54) is 21.1 Å². The number of methoxy groups -OCH3 is 2. The molecule has 0 aliphatic carbocycles. The summed E-state index contributed by atoms with van der Waals surface area (Å²) in [7, 11) is 2.97. The van der Waals surface area contributed by atoms with Crippen molar-refractivity contribution < 1.29 is 23.8 Å². The van der Waals surface area contributed by atoms with Crippen LogP contribution in [-0.2, 0) is 16.0 Å². The van der Waals surface area contributed by atoms with E-state index in [0.717, 1.165) is 5.56 Å². The van der Waals surface area contributed by atoms with E-state index in [4.69, 9.17) is 14.2 Å². The van der Waals surface area contributed by atoms with Crippen molar-refractivity contribution in [2.45, 2.75) is 39.7 Å². The molecule has 0 saturated carbocycles. The molecule has 6 nitrogen and oxygen atoms in total. The summed E-state index contributed by atoms with van der Waals surface area (Å²) in [5.41, 5.74) is 0.502. The first kappa shape index (κ1) is 17.8. The number of amides is 1. The van der Waals surface area contributed by atoms with Gasteiger partial charge in [-0.15, -0.1) is 0 Å². The molecule has 0 spiro atoms. The number of hydrogen-bond acceptors (Lipinski definition) is 5. The standard InChI is InChI=1S/C16H23NO5/c1-10(18)7-11-8-12(14(21-6)13(9-11)20-5)17-15(19)22-16(2,3)4/h8-9H,7H2,1-6H3,(H,17,19). The molecule has 0 radical (unpaired) electrons. The smallest absolute Gasteiger partial charge is 0.412 e. The molecule has 1 rings (SSSR count). The minimum Gasteiger partial charge on any atom is -0.493 e. The van der Waals surface area contributed by atoms with E-state index in [9.17, 15) is 9.59 Å². The molecule has 1 amide bonds. The van der Waals surface area contributed by atoms with Crippen molar-refractivity contribution >= 4 is 17.6 Å². The predicted octanol–water partition coefficient (Wildman–Crippen LogP) is 3.18. The number of Topliss-reactive ketones (excluding diaryl/α,β-unsaturated/α-hetero) is 1. The van der Waals surface area contributed by atoms with E-state index in [-0.39, 0.29) is 12.2 Å². The van der Waals surface area contributed by atoms with Gasteiger partial charge in [0.25, 0.3) is 0 Å². The summed E-state index contributed by atoms with van der Waals surface area (Å²) in [6.45, 7) is 6.82. The fourth-order valence-electron chi connectivity index (χ4n) is 1.92. The second kappa shape index (κ2) is 7.15. The Morgan fingerprint density at radius 1 is 1.14 bits per heavy atom. The van der Waals surface area contributed by atoms with Crippen LogP contribution in [0, 0.1) is 0 Å². The van der Waals surface area contributed by atoms with Crippen LogP contribution in [0.2, 0.25) is 0 Å². The van der Waals surface area contributed by atoms with E-state index in [1.807, 2.05) is 0 Å². The van der Waals surface area contributed by atoms with Gasteiger partial charge in [-0.05, 0) is 45.4 Å². The number of rotatable bonds is 5. The van der Waals surface area contributed by atoms with E-state index in [0.29, 0.717) is 17.2 Å². The van der Waals surface area contributed by atoms with Crippen LogP contribution >= 0.6 is 0 Å². The Hall–Kier alpha value is -2.24. The van der Waals surface area contributed by atoms with Crippen LogP contribution in [0.25, 0.3) is 0 Å². The van der Waals surface area contributed by atoms with Gasteiger partial charge in [-0.3, -0.25) is 10.1 Å². The van der Waals surface area contributed by atoms with Gasteiger partial charge in [-0.1, -0.05) is 0 Å². The van der Waals surface area contributed by atoms with Crippen LogP contribution < -0.4 is 14.8 Å².